The van der Waals surface area contributed by atoms with Gasteiger partial charge in [0.1, 0.15) is 16.1 Å². The van der Waals surface area contributed by atoms with E-state index in [1.54, 1.807) is 6.92 Å². The van der Waals surface area contributed by atoms with Gasteiger partial charge in [0.15, 0.2) is 0 Å². The largest absolute Gasteiger partial charge is 0.746 e. The molecule has 0 bridgehead atoms. The van der Waals surface area contributed by atoms with E-state index in [2.05, 4.69) is 0 Å². The van der Waals surface area contributed by atoms with Gasteiger partial charge in [0, 0.05) is 0 Å². The molecule has 0 amide bonds. The minimum absolute atomic E-state index is 0.149. The van der Waals surface area contributed by atoms with Crippen LogP contribution in [0.5, 0.6) is 0 Å². The Balaban J connectivity index is 3.54. The Labute approximate surface area is 67.3 Å². The fraction of sp³-hybridized carbons (Fsp3) is 1.00. The average Bonchev–Trinajstić information content (AvgIpc) is 1.83. The Bertz CT molecular complexity index is 185. The molecule has 4 nitrogen and oxygen atoms in total. The van der Waals surface area contributed by atoms with E-state index in [9.17, 15) is 13.0 Å². The minimum atomic E-state index is -4.21. The first-order valence-electron chi connectivity index (χ1n) is 3.51. The molecule has 0 heterocycles. The summed E-state index contributed by atoms with van der Waals surface area (Å²) in [5, 5.41) is 0. The normalized spacial score (nSPS) is 14.8. The first-order chi connectivity index (χ1) is 4.95. The molecular weight excluding hydrogens is 168 g/mol. The summed E-state index contributed by atoms with van der Waals surface area (Å²) in [4.78, 5) is 0. The average molecular weight is 181 g/mol. The fourth-order valence-corrected chi connectivity index (χ4v) is 1.09. The lowest BCUT2D eigenvalue weighted by atomic mass is 10.2. The van der Waals surface area contributed by atoms with Gasteiger partial charge in [-0.3, -0.25) is 0 Å². The highest BCUT2D eigenvalue weighted by molar-refractivity contribution is 7.85. The van der Waals surface area contributed by atoms with Gasteiger partial charge in [-0.25, -0.2) is 8.42 Å². The van der Waals surface area contributed by atoms with Crippen molar-refractivity contribution >= 4 is 10.1 Å². The highest BCUT2D eigenvalue weighted by Crippen LogP contribution is 2.01. The SMILES string of the molecule is CCCC(C)OCS(=O)(=O)[O-]. The molecule has 5 heteroatoms. The van der Waals surface area contributed by atoms with Gasteiger partial charge >= 0.3 is 0 Å². The minimum Gasteiger partial charge on any atom is -0.746 e. The Kier molecular flexibility index (Phi) is 4.63. The Morgan fingerprint density at radius 2 is 2.09 bits per heavy atom. The molecule has 1 atom stereocenters. The number of rotatable bonds is 5. The van der Waals surface area contributed by atoms with E-state index in [4.69, 9.17) is 4.74 Å². The van der Waals surface area contributed by atoms with Crippen LogP contribution in [0.25, 0.3) is 0 Å². The smallest absolute Gasteiger partial charge is 0.137 e. The molecule has 0 spiro atoms. The van der Waals surface area contributed by atoms with Crippen molar-refractivity contribution in [1.29, 1.82) is 0 Å². The van der Waals surface area contributed by atoms with Crippen molar-refractivity contribution in [3.63, 3.8) is 0 Å². The predicted octanol–water partition coefficient (Wildman–Crippen LogP) is 0.694. The molecule has 1 unspecified atom stereocenters. The van der Waals surface area contributed by atoms with Gasteiger partial charge in [0.25, 0.3) is 0 Å². The van der Waals surface area contributed by atoms with E-state index < -0.39 is 16.1 Å². The van der Waals surface area contributed by atoms with E-state index in [0.29, 0.717) is 0 Å². The van der Waals surface area contributed by atoms with E-state index in [-0.39, 0.29) is 6.10 Å². The monoisotopic (exact) mass is 181 g/mol. The molecule has 0 rings (SSSR count). The molecule has 0 aromatic carbocycles. The van der Waals surface area contributed by atoms with Gasteiger partial charge in [0.2, 0.25) is 0 Å². The summed E-state index contributed by atoms with van der Waals surface area (Å²) < 4.78 is 34.9. The van der Waals surface area contributed by atoms with Gasteiger partial charge in [-0.2, -0.15) is 0 Å². The van der Waals surface area contributed by atoms with Crippen LogP contribution in [0.4, 0.5) is 0 Å². The van der Waals surface area contributed by atoms with Crippen molar-refractivity contribution in [2.45, 2.75) is 32.8 Å². The Morgan fingerprint density at radius 3 is 2.45 bits per heavy atom. The summed E-state index contributed by atoms with van der Waals surface area (Å²) in [7, 11) is -4.21. The highest BCUT2D eigenvalue weighted by Gasteiger charge is 2.02. The standard InChI is InChI=1S/C6H14O4S/c1-3-4-6(2)10-5-11(7,8)9/h6H,3-5H2,1-2H3,(H,7,8,9)/p-1. The molecule has 11 heavy (non-hydrogen) atoms. The predicted molar refractivity (Wildman–Crippen MR) is 40.0 cm³/mol. The number of hydrogen-bond donors (Lipinski definition) is 0. The summed E-state index contributed by atoms with van der Waals surface area (Å²) >= 11 is 0. The molecule has 0 radical (unpaired) electrons. The maximum atomic E-state index is 10.1. The van der Waals surface area contributed by atoms with Gasteiger partial charge in [-0.15, -0.1) is 0 Å². The van der Waals surface area contributed by atoms with Crippen molar-refractivity contribution in [2.75, 3.05) is 5.94 Å². The molecule has 0 aromatic heterocycles. The quantitative estimate of drug-likeness (QED) is 0.585. The summed E-state index contributed by atoms with van der Waals surface area (Å²) in [6.45, 7) is 3.71. The molecule has 0 aliphatic heterocycles. The van der Waals surface area contributed by atoms with Gasteiger partial charge < -0.3 is 9.29 Å². The van der Waals surface area contributed by atoms with Crippen molar-refractivity contribution in [3.8, 4) is 0 Å². The lowest BCUT2D eigenvalue weighted by molar-refractivity contribution is 0.0891. The number of ether oxygens (including phenoxy) is 1. The van der Waals surface area contributed by atoms with E-state index in [0.717, 1.165) is 12.8 Å². The van der Waals surface area contributed by atoms with Crippen LogP contribution in [0, 0.1) is 0 Å². The molecule has 0 aromatic rings. The summed E-state index contributed by atoms with van der Waals surface area (Å²) in [6, 6.07) is 0. The Morgan fingerprint density at radius 1 is 1.55 bits per heavy atom. The van der Waals surface area contributed by atoms with Gasteiger partial charge in [-0.05, 0) is 13.3 Å². The van der Waals surface area contributed by atoms with Crippen LogP contribution in [0.3, 0.4) is 0 Å². The third-order valence-electron chi connectivity index (χ3n) is 1.19. The zero-order valence-corrected chi connectivity index (χ0v) is 7.56. The summed E-state index contributed by atoms with van der Waals surface area (Å²) in [6.07, 6.45) is 1.54. The maximum Gasteiger partial charge on any atom is 0.137 e. The molecule has 68 valence electrons. The molecule has 0 saturated heterocycles. The molecule has 0 aliphatic rings. The van der Waals surface area contributed by atoms with Crippen molar-refractivity contribution in [2.24, 2.45) is 0 Å². The fourth-order valence-electron chi connectivity index (χ4n) is 0.689. The maximum absolute atomic E-state index is 10.1. The summed E-state index contributed by atoms with van der Waals surface area (Å²) in [5.41, 5.74) is 0. The van der Waals surface area contributed by atoms with Gasteiger partial charge in [0.05, 0.1) is 6.10 Å². The van der Waals surface area contributed by atoms with Crippen molar-refractivity contribution in [1.82, 2.24) is 0 Å². The molecule has 0 fully saturated rings. The zero-order chi connectivity index (χ0) is 8.91. The lowest BCUT2D eigenvalue weighted by Crippen LogP contribution is -2.15. The first-order valence-corrected chi connectivity index (χ1v) is 5.08. The second-order valence-electron chi connectivity index (χ2n) is 2.44. The second-order valence-corrected chi connectivity index (χ2v) is 3.79. The van der Waals surface area contributed by atoms with Crippen LogP contribution >= 0.6 is 0 Å². The second kappa shape index (κ2) is 4.69. The molecular formula is C6H13O4S-. The topological polar surface area (TPSA) is 66.4 Å². The molecule has 0 aliphatic carbocycles. The molecule has 0 N–H and O–H groups in total. The van der Waals surface area contributed by atoms with Crippen LogP contribution in [0.1, 0.15) is 26.7 Å². The van der Waals surface area contributed by atoms with Crippen LogP contribution in [0.15, 0.2) is 0 Å². The zero-order valence-electron chi connectivity index (χ0n) is 6.74. The number of hydrogen-bond acceptors (Lipinski definition) is 4. The van der Waals surface area contributed by atoms with Crippen LogP contribution in [0.2, 0.25) is 0 Å². The molecule has 0 saturated carbocycles. The third kappa shape index (κ3) is 7.77. The van der Waals surface area contributed by atoms with E-state index >= 15 is 0 Å². The van der Waals surface area contributed by atoms with Crippen LogP contribution < -0.4 is 0 Å². The van der Waals surface area contributed by atoms with Crippen LogP contribution in [-0.2, 0) is 14.9 Å². The Hall–Kier alpha value is -0.130. The van der Waals surface area contributed by atoms with E-state index in [1.165, 1.54) is 0 Å². The van der Waals surface area contributed by atoms with Gasteiger partial charge in [-0.1, -0.05) is 13.3 Å². The lowest BCUT2D eigenvalue weighted by Gasteiger charge is -2.13. The third-order valence-corrected chi connectivity index (χ3v) is 1.62. The highest BCUT2D eigenvalue weighted by atomic mass is 32.2. The van der Waals surface area contributed by atoms with Crippen molar-refractivity contribution in [3.05, 3.63) is 0 Å². The first kappa shape index (κ1) is 10.9. The van der Waals surface area contributed by atoms with Crippen LogP contribution in [-0.4, -0.2) is 25.0 Å². The summed E-state index contributed by atoms with van der Waals surface area (Å²) in [5.74, 6) is -0.714. The van der Waals surface area contributed by atoms with Crippen molar-refractivity contribution < 1.29 is 17.7 Å². The van der Waals surface area contributed by atoms with E-state index in [1.807, 2.05) is 6.92 Å².